The lowest BCUT2D eigenvalue weighted by atomic mass is 10.1. The Morgan fingerprint density at radius 2 is 1.76 bits per heavy atom. The number of hydrogen-bond donors (Lipinski definition) is 2. The number of nitrogens with zero attached hydrogens (tertiary/aromatic N) is 2. The van der Waals surface area contributed by atoms with Crippen molar-refractivity contribution < 1.29 is 14.3 Å². The first-order chi connectivity index (χ1) is 16.4. The summed E-state index contributed by atoms with van der Waals surface area (Å²) in [6.07, 6.45) is 2.12. The predicted molar refractivity (Wildman–Crippen MR) is 137 cm³/mol. The summed E-state index contributed by atoms with van der Waals surface area (Å²) in [5.41, 5.74) is 3.09. The van der Waals surface area contributed by atoms with Crippen LogP contribution in [0.5, 0.6) is 11.5 Å². The number of rotatable bonds is 12. The van der Waals surface area contributed by atoms with Crippen LogP contribution < -0.4 is 14.8 Å². The SMILES string of the molecule is CCCOc1ccc(C(C)NC(=O)CCn2c(-c3ccc(C)cc3)n[nH]c2=S)cc1OCCC. The maximum Gasteiger partial charge on any atom is 0.222 e. The molecule has 1 unspecified atom stereocenters. The molecule has 34 heavy (non-hydrogen) atoms. The van der Waals surface area contributed by atoms with Gasteiger partial charge in [0.25, 0.3) is 0 Å². The third-order valence-electron chi connectivity index (χ3n) is 5.40. The van der Waals surface area contributed by atoms with Crippen molar-refractivity contribution in [3.05, 3.63) is 58.4 Å². The van der Waals surface area contributed by atoms with E-state index in [0.717, 1.165) is 35.5 Å². The summed E-state index contributed by atoms with van der Waals surface area (Å²) in [5.74, 6) is 2.11. The van der Waals surface area contributed by atoms with Crippen molar-refractivity contribution in [2.75, 3.05) is 13.2 Å². The molecule has 7 nitrogen and oxygen atoms in total. The minimum absolute atomic E-state index is 0.0622. The lowest BCUT2D eigenvalue weighted by Gasteiger charge is -2.18. The van der Waals surface area contributed by atoms with Gasteiger partial charge < -0.3 is 14.8 Å². The maximum absolute atomic E-state index is 12.7. The molecule has 1 atom stereocenters. The molecule has 0 aliphatic carbocycles. The highest BCUT2D eigenvalue weighted by Gasteiger charge is 2.15. The van der Waals surface area contributed by atoms with E-state index in [1.807, 2.05) is 60.9 Å². The van der Waals surface area contributed by atoms with Crippen LogP contribution in [0.3, 0.4) is 0 Å². The molecule has 1 aromatic heterocycles. The van der Waals surface area contributed by atoms with Gasteiger partial charge in [-0.15, -0.1) is 0 Å². The molecular weight excluding hydrogens is 448 g/mol. The van der Waals surface area contributed by atoms with Crippen LogP contribution in [0.4, 0.5) is 0 Å². The number of H-pyrrole nitrogens is 1. The van der Waals surface area contributed by atoms with Crippen molar-refractivity contribution in [1.29, 1.82) is 0 Å². The topological polar surface area (TPSA) is 81.2 Å². The minimum Gasteiger partial charge on any atom is -0.490 e. The summed E-state index contributed by atoms with van der Waals surface area (Å²) in [5, 5.41) is 10.3. The molecule has 1 amide bonds. The van der Waals surface area contributed by atoms with E-state index < -0.39 is 0 Å². The fourth-order valence-corrected chi connectivity index (χ4v) is 3.73. The number of aromatic amines is 1. The third-order valence-corrected chi connectivity index (χ3v) is 5.71. The Kier molecular flexibility index (Phi) is 9.27. The Morgan fingerprint density at radius 3 is 2.44 bits per heavy atom. The molecule has 0 saturated heterocycles. The van der Waals surface area contributed by atoms with Crippen LogP contribution >= 0.6 is 12.2 Å². The largest absolute Gasteiger partial charge is 0.490 e. The number of carbonyl (C=O) groups excluding carboxylic acids is 1. The molecular formula is C26H34N4O3S. The summed E-state index contributed by atoms with van der Waals surface area (Å²) >= 11 is 5.39. The number of amides is 1. The van der Waals surface area contributed by atoms with Crippen molar-refractivity contribution in [2.24, 2.45) is 0 Å². The number of ether oxygens (including phenoxy) is 2. The molecule has 0 aliphatic rings. The highest BCUT2D eigenvalue weighted by molar-refractivity contribution is 7.71. The Labute approximate surface area is 206 Å². The molecule has 2 aromatic carbocycles. The van der Waals surface area contributed by atoms with Crippen molar-refractivity contribution in [2.45, 2.75) is 59.5 Å². The van der Waals surface area contributed by atoms with E-state index >= 15 is 0 Å². The molecule has 0 spiro atoms. The third kappa shape index (κ3) is 6.70. The fourth-order valence-electron chi connectivity index (χ4n) is 3.51. The van der Waals surface area contributed by atoms with E-state index in [1.54, 1.807) is 0 Å². The van der Waals surface area contributed by atoms with E-state index in [2.05, 4.69) is 29.4 Å². The average molecular weight is 483 g/mol. The molecule has 0 saturated carbocycles. The quantitative estimate of drug-likeness (QED) is 0.321. The number of aryl methyl sites for hydroxylation is 1. The van der Waals surface area contributed by atoms with Gasteiger partial charge in [0.15, 0.2) is 22.1 Å². The van der Waals surface area contributed by atoms with Gasteiger partial charge in [-0.25, -0.2) is 0 Å². The zero-order valence-electron chi connectivity index (χ0n) is 20.4. The van der Waals surface area contributed by atoms with Crippen LogP contribution in [0.25, 0.3) is 11.4 Å². The van der Waals surface area contributed by atoms with Crippen LogP contribution in [0.1, 0.15) is 57.2 Å². The molecule has 0 bridgehead atoms. The average Bonchev–Trinajstić information content (AvgIpc) is 3.20. The highest BCUT2D eigenvalue weighted by Crippen LogP contribution is 2.31. The standard InChI is InChI=1S/C26H34N4O3S/c1-5-15-32-22-12-11-21(17-23(22)33-16-6-2)19(4)27-24(31)13-14-30-25(28-29-26(30)34)20-9-7-18(3)8-10-20/h7-12,17,19H,5-6,13-16H2,1-4H3,(H,27,31)(H,29,34). The Morgan fingerprint density at radius 1 is 1.09 bits per heavy atom. The first-order valence-electron chi connectivity index (χ1n) is 11.8. The molecule has 3 aromatic rings. The minimum atomic E-state index is -0.175. The van der Waals surface area contributed by atoms with Crippen molar-refractivity contribution in [1.82, 2.24) is 20.1 Å². The molecule has 1 heterocycles. The normalized spacial score (nSPS) is 11.8. The number of hydrogen-bond acceptors (Lipinski definition) is 5. The molecule has 182 valence electrons. The van der Waals surface area contributed by atoms with Crippen molar-refractivity contribution in [3.63, 3.8) is 0 Å². The predicted octanol–water partition coefficient (Wildman–Crippen LogP) is 5.76. The van der Waals surface area contributed by atoms with E-state index in [1.165, 1.54) is 5.56 Å². The summed E-state index contributed by atoms with van der Waals surface area (Å²) in [6, 6.07) is 13.7. The number of aromatic nitrogens is 3. The first kappa shape index (κ1) is 25.5. The van der Waals surface area contributed by atoms with E-state index in [-0.39, 0.29) is 18.4 Å². The van der Waals surface area contributed by atoms with Crippen LogP contribution in [0, 0.1) is 11.7 Å². The first-order valence-corrected chi connectivity index (χ1v) is 12.2. The Balaban J connectivity index is 1.65. The van der Waals surface area contributed by atoms with Crippen LogP contribution in [0.2, 0.25) is 0 Å². The summed E-state index contributed by atoms with van der Waals surface area (Å²) in [7, 11) is 0. The summed E-state index contributed by atoms with van der Waals surface area (Å²) in [4.78, 5) is 12.7. The monoisotopic (exact) mass is 482 g/mol. The number of carbonyl (C=O) groups is 1. The van der Waals surface area contributed by atoms with Crippen LogP contribution in [-0.4, -0.2) is 33.9 Å². The van der Waals surface area contributed by atoms with Gasteiger partial charge in [0.1, 0.15) is 0 Å². The van der Waals surface area contributed by atoms with Gasteiger partial charge in [0.05, 0.1) is 19.3 Å². The second-order valence-corrected chi connectivity index (χ2v) is 8.70. The second kappa shape index (κ2) is 12.4. The smallest absolute Gasteiger partial charge is 0.222 e. The maximum atomic E-state index is 12.7. The lowest BCUT2D eigenvalue weighted by Crippen LogP contribution is -2.27. The number of benzene rings is 2. The molecule has 3 rings (SSSR count). The van der Waals surface area contributed by atoms with E-state index in [0.29, 0.717) is 30.3 Å². The Bertz CT molecular complexity index is 1140. The fraction of sp³-hybridized carbons (Fsp3) is 0.423. The summed E-state index contributed by atoms with van der Waals surface area (Å²) in [6.45, 7) is 9.82. The van der Waals surface area contributed by atoms with Gasteiger partial charge in [-0.1, -0.05) is 49.7 Å². The zero-order chi connectivity index (χ0) is 24.5. The Hall–Kier alpha value is -3.13. The highest BCUT2D eigenvalue weighted by atomic mass is 32.1. The second-order valence-electron chi connectivity index (χ2n) is 8.31. The van der Waals surface area contributed by atoms with E-state index in [4.69, 9.17) is 21.7 Å². The van der Waals surface area contributed by atoms with Gasteiger partial charge in [0, 0.05) is 18.5 Å². The van der Waals surface area contributed by atoms with Crippen molar-refractivity contribution >= 4 is 18.1 Å². The molecule has 0 radical (unpaired) electrons. The van der Waals surface area contributed by atoms with Gasteiger partial charge in [-0.05, 0) is 56.6 Å². The van der Waals surface area contributed by atoms with Gasteiger partial charge >= 0.3 is 0 Å². The zero-order valence-corrected chi connectivity index (χ0v) is 21.2. The van der Waals surface area contributed by atoms with Crippen molar-refractivity contribution in [3.8, 4) is 22.9 Å². The molecule has 0 fully saturated rings. The molecule has 0 aliphatic heterocycles. The molecule has 2 N–H and O–H groups in total. The van der Waals surface area contributed by atoms with Gasteiger partial charge in [-0.2, -0.15) is 5.10 Å². The molecule has 8 heteroatoms. The lowest BCUT2D eigenvalue weighted by molar-refractivity contribution is -0.121. The van der Waals surface area contributed by atoms with Gasteiger partial charge in [0.2, 0.25) is 5.91 Å². The number of nitrogens with one attached hydrogen (secondary N) is 2. The van der Waals surface area contributed by atoms with Crippen LogP contribution in [0.15, 0.2) is 42.5 Å². The van der Waals surface area contributed by atoms with Gasteiger partial charge in [-0.3, -0.25) is 14.5 Å². The van der Waals surface area contributed by atoms with E-state index in [9.17, 15) is 4.79 Å². The summed E-state index contributed by atoms with van der Waals surface area (Å²) < 4.78 is 14.1. The van der Waals surface area contributed by atoms with Crippen LogP contribution in [-0.2, 0) is 11.3 Å².